The second-order valence-electron chi connectivity index (χ2n) is 7.75. The van der Waals surface area contributed by atoms with Crippen molar-refractivity contribution in [2.24, 2.45) is 5.92 Å². The SMILES string of the molecule is CCOC(=O)C(F)(F)CNC(=O)c1cc(NC(=O)C2C(c3cc(Cl)cc(Cl)c3)C2(Cl)Cl)cc(F)c1Cl. The van der Waals surface area contributed by atoms with Gasteiger partial charge in [0.2, 0.25) is 5.91 Å². The Kier molecular flexibility index (Phi) is 8.62. The van der Waals surface area contributed by atoms with E-state index < -0.39 is 62.8 Å². The molecule has 0 heterocycles. The number of rotatable bonds is 8. The van der Waals surface area contributed by atoms with E-state index in [0.29, 0.717) is 15.6 Å². The van der Waals surface area contributed by atoms with Crippen molar-refractivity contribution >= 4 is 81.5 Å². The lowest BCUT2D eigenvalue weighted by Gasteiger charge is -2.16. The van der Waals surface area contributed by atoms with Gasteiger partial charge in [0.15, 0.2) is 0 Å². The van der Waals surface area contributed by atoms with Crippen LogP contribution in [0.1, 0.15) is 28.8 Å². The topological polar surface area (TPSA) is 84.5 Å². The number of hydrogen-bond donors (Lipinski definition) is 2. The molecule has 1 aliphatic rings. The van der Waals surface area contributed by atoms with Crippen LogP contribution in [0.3, 0.4) is 0 Å². The number of carbonyl (C=O) groups is 3. The van der Waals surface area contributed by atoms with Crippen molar-refractivity contribution in [2.75, 3.05) is 18.5 Å². The number of ether oxygens (including phenoxy) is 1. The number of anilines is 1. The van der Waals surface area contributed by atoms with Crippen LogP contribution in [0.5, 0.6) is 0 Å². The second kappa shape index (κ2) is 10.8. The third-order valence-electron chi connectivity index (χ3n) is 5.17. The first-order chi connectivity index (χ1) is 16.7. The molecule has 2 atom stereocenters. The molecule has 0 aliphatic heterocycles. The zero-order chi connectivity index (χ0) is 27.0. The van der Waals surface area contributed by atoms with Crippen LogP contribution in [0.4, 0.5) is 18.9 Å². The van der Waals surface area contributed by atoms with Crippen molar-refractivity contribution < 1.29 is 32.3 Å². The quantitative estimate of drug-likeness (QED) is 0.275. The van der Waals surface area contributed by atoms with E-state index in [2.05, 4.69) is 10.1 Å². The highest BCUT2D eigenvalue weighted by Crippen LogP contribution is 2.65. The first-order valence-corrected chi connectivity index (χ1v) is 12.0. The van der Waals surface area contributed by atoms with Gasteiger partial charge in [-0.15, -0.1) is 23.2 Å². The Labute approximate surface area is 228 Å². The Morgan fingerprint density at radius 2 is 1.67 bits per heavy atom. The molecule has 6 nitrogen and oxygen atoms in total. The first kappa shape index (κ1) is 28.7. The minimum atomic E-state index is -4.03. The predicted octanol–water partition coefficient (Wildman–Crippen LogP) is 6.24. The molecule has 2 N–H and O–H groups in total. The highest BCUT2D eigenvalue weighted by atomic mass is 35.5. The van der Waals surface area contributed by atoms with Gasteiger partial charge in [0.05, 0.1) is 29.7 Å². The summed E-state index contributed by atoms with van der Waals surface area (Å²) in [5, 5.41) is 4.09. The molecule has 1 fully saturated rings. The van der Waals surface area contributed by atoms with Crippen LogP contribution in [0.15, 0.2) is 30.3 Å². The average Bonchev–Trinajstić information content (AvgIpc) is 3.36. The smallest absolute Gasteiger partial charge is 0.378 e. The van der Waals surface area contributed by atoms with Gasteiger partial charge in [0, 0.05) is 21.7 Å². The monoisotopic (exact) mass is 604 g/mol. The number of hydrogen-bond acceptors (Lipinski definition) is 4. The van der Waals surface area contributed by atoms with Crippen LogP contribution in [0, 0.1) is 11.7 Å². The van der Waals surface area contributed by atoms with E-state index in [-0.39, 0.29) is 12.3 Å². The highest BCUT2D eigenvalue weighted by molar-refractivity contribution is 6.53. The Morgan fingerprint density at radius 3 is 2.25 bits per heavy atom. The van der Waals surface area contributed by atoms with E-state index in [4.69, 9.17) is 58.0 Å². The predicted molar refractivity (Wildman–Crippen MR) is 131 cm³/mol. The maximum atomic E-state index is 14.4. The summed E-state index contributed by atoms with van der Waals surface area (Å²) < 4.78 is 44.7. The molecule has 36 heavy (non-hydrogen) atoms. The normalized spacial score (nSPS) is 18.4. The zero-order valence-corrected chi connectivity index (χ0v) is 21.9. The summed E-state index contributed by atoms with van der Waals surface area (Å²) in [5.74, 6) is -10.6. The van der Waals surface area contributed by atoms with Gasteiger partial charge in [0.25, 0.3) is 5.91 Å². The average molecular weight is 607 g/mol. The van der Waals surface area contributed by atoms with Gasteiger partial charge in [-0.05, 0) is 42.8 Å². The van der Waals surface area contributed by atoms with Gasteiger partial charge >= 0.3 is 11.9 Å². The third kappa shape index (κ3) is 6.14. The van der Waals surface area contributed by atoms with E-state index in [1.807, 2.05) is 0 Å². The van der Waals surface area contributed by atoms with E-state index in [0.717, 1.165) is 12.1 Å². The van der Waals surface area contributed by atoms with E-state index >= 15 is 0 Å². The van der Waals surface area contributed by atoms with Crippen molar-refractivity contribution in [3.8, 4) is 0 Å². The Bertz CT molecular complexity index is 1210. The molecule has 0 aromatic heterocycles. The van der Waals surface area contributed by atoms with Crippen LogP contribution in [0.2, 0.25) is 15.1 Å². The molecule has 2 unspecified atom stereocenters. The van der Waals surface area contributed by atoms with Crippen LogP contribution in [-0.2, 0) is 14.3 Å². The van der Waals surface area contributed by atoms with E-state index in [1.165, 1.54) is 13.0 Å². The molecule has 0 spiro atoms. The Balaban J connectivity index is 1.76. The lowest BCUT2D eigenvalue weighted by molar-refractivity contribution is -0.170. The lowest BCUT2D eigenvalue weighted by Crippen LogP contribution is -2.43. The minimum Gasteiger partial charge on any atom is -0.462 e. The summed E-state index contributed by atoms with van der Waals surface area (Å²) >= 11 is 30.4. The molecule has 0 bridgehead atoms. The van der Waals surface area contributed by atoms with Crippen molar-refractivity contribution in [3.05, 3.63) is 62.3 Å². The third-order valence-corrected chi connectivity index (χ3v) is 6.93. The van der Waals surface area contributed by atoms with Crippen LogP contribution >= 0.6 is 58.0 Å². The summed E-state index contributed by atoms with van der Waals surface area (Å²) in [6.45, 7) is -0.382. The number of nitrogens with one attached hydrogen (secondary N) is 2. The molecular formula is C22H16Cl5F3N2O4. The first-order valence-electron chi connectivity index (χ1n) is 10.2. The van der Waals surface area contributed by atoms with Gasteiger partial charge in [-0.2, -0.15) is 8.78 Å². The second-order valence-corrected chi connectivity index (χ2v) is 10.4. The zero-order valence-electron chi connectivity index (χ0n) is 18.1. The molecule has 2 amide bonds. The fourth-order valence-corrected chi connectivity index (χ4v) is 5.03. The van der Waals surface area contributed by atoms with Crippen molar-refractivity contribution in [1.82, 2.24) is 5.32 Å². The molecule has 14 heteroatoms. The number of halogens is 8. The minimum absolute atomic E-state index is 0.219. The lowest BCUT2D eigenvalue weighted by atomic mass is 10.1. The largest absolute Gasteiger partial charge is 0.462 e. The van der Waals surface area contributed by atoms with Gasteiger partial charge in [0.1, 0.15) is 10.2 Å². The number of alkyl halides is 4. The standard InChI is InChI=1S/C22H16Cl5F3N2O4/c1-2-36-20(35)21(29,30)8-31-18(33)13-6-12(7-14(28)17(13)25)32-19(34)16-15(22(16,26)27)9-3-10(23)5-11(24)4-9/h3-7,15-16H,2,8H2,1H3,(H,31,33)(H,32,34). The van der Waals surface area contributed by atoms with Gasteiger partial charge in [-0.3, -0.25) is 9.59 Å². The van der Waals surface area contributed by atoms with Crippen molar-refractivity contribution in [3.63, 3.8) is 0 Å². The van der Waals surface area contributed by atoms with E-state index in [1.54, 1.807) is 17.4 Å². The summed E-state index contributed by atoms with van der Waals surface area (Å²) in [4.78, 5) is 36.6. The maximum Gasteiger partial charge on any atom is 0.378 e. The molecule has 194 valence electrons. The van der Waals surface area contributed by atoms with Crippen LogP contribution < -0.4 is 10.6 Å². The fraction of sp³-hybridized carbons (Fsp3) is 0.318. The molecule has 0 saturated heterocycles. The van der Waals surface area contributed by atoms with Crippen molar-refractivity contribution in [2.45, 2.75) is 23.1 Å². The number of carbonyl (C=O) groups excluding carboxylic acids is 3. The van der Waals surface area contributed by atoms with Gasteiger partial charge in [-0.1, -0.05) is 34.8 Å². The summed E-state index contributed by atoms with van der Waals surface area (Å²) in [5.41, 5.74) is -0.283. The molecule has 1 saturated carbocycles. The van der Waals surface area contributed by atoms with Gasteiger partial charge in [-0.25, -0.2) is 9.18 Å². The Hall–Kier alpha value is -1.91. The highest BCUT2D eigenvalue weighted by Gasteiger charge is 2.67. The maximum absolute atomic E-state index is 14.4. The number of benzene rings is 2. The molecular weight excluding hydrogens is 591 g/mol. The van der Waals surface area contributed by atoms with Crippen LogP contribution in [-0.4, -0.2) is 41.2 Å². The van der Waals surface area contributed by atoms with Crippen molar-refractivity contribution in [1.29, 1.82) is 0 Å². The molecule has 2 aromatic rings. The fourth-order valence-electron chi connectivity index (χ4n) is 3.46. The molecule has 3 rings (SSSR count). The number of esters is 1. The van der Waals surface area contributed by atoms with Crippen LogP contribution in [0.25, 0.3) is 0 Å². The summed E-state index contributed by atoms with van der Waals surface area (Å²) in [7, 11) is 0. The number of amides is 2. The summed E-state index contributed by atoms with van der Waals surface area (Å²) in [6, 6.07) is 6.36. The Morgan fingerprint density at radius 1 is 1.06 bits per heavy atom. The summed E-state index contributed by atoms with van der Waals surface area (Å²) in [6.07, 6.45) is 0. The molecule has 2 aromatic carbocycles. The van der Waals surface area contributed by atoms with Gasteiger partial charge < -0.3 is 15.4 Å². The molecule has 0 radical (unpaired) electrons. The van der Waals surface area contributed by atoms with E-state index in [9.17, 15) is 27.6 Å². The molecule has 1 aliphatic carbocycles.